The summed E-state index contributed by atoms with van der Waals surface area (Å²) in [4.78, 5) is 0. The molecule has 0 nitrogen and oxygen atoms in total. The highest BCUT2D eigenvalue weighted by Crippen LogP contribution is 2.39. The summed E-state index contributed by atoms with van der Waals surface area (Å²) in [7, 11) is 0. The highest BCUT2D eigenvalue weighted by molar-refractivity contribution is 5.35. The average molecular weight is 304 g/mol. The van der Waals surface area contributed by atoms with E-state index in [1.165, 1.54) is 56.9 Å². The van der Waals surface area contributed by atoms with Crippen LogP contribution in [0.3, 0.4) is 0 Å². The maximum Gasteiger partial charge on any atom is 0.129 e. The Hall–Kier alpha value is -0.850. The molecule has 0 aliphatic heterocycles. The fourth-order valence-corrected chi connectivity index (χ4v) is 4.05. The van der Waals surface area contributed by atoms with E-state index in [1.54, 1.807) is 0 Å². The Kier molecular flexibility index (Phi) is 6.92. The van der Waals surface area contributed by atoms with Crippen LogP contribution in [0.2, 0.25) is 0 Å². The molecule has 1 aromatic carbocycles. The summed E-state index contributed by atoms with van der Waals surface area (Å²) in [6.45, 7) is 6.38. The predicted octanol–water partition coefficient (Wildman–Crippen LogP) is 6.94. The van der Waals surface area contributed by atoms with Gasteiger partial charge in [-0.15, -0.1) is 0 Å². The number of unbranched alkanes of at least 4 members (excludes halogenated alkanes) is 2. The first-order valence-electron chi connectivity index (χ1n) is 9.45. The zero-order valence-corrected chi connectivity index (χ0v) is 14.8. The molecule has 0 spiro atoms. The highest BCUT2D eigenvalue weighted by Gasteiger charge is 2.25. The second kappa shape index (κ2) is 8.70. The molecule has 1 aromatic rings. The first-order valence-corrected chi connectivity index (χ1v) is 9.45. The molecule has 1 saturated carbocycles. The molecule has 0 radical (unpaired) electrons. The molecule has 2 rings (SSSR count). The molecule has 0 heterocycles. The zero-order valence-electron chi connectivity index (χ0n) is 14.8. The van der Waals surface area contributed by atoms with Crippen molar-refractivity contribution in [3.63, 3.8) is 0 Å². The van der Waals surface area contributed by atoms with Crippen LogP contribution in [0.15, 0.2) is 12.1 Å². The lowest BCUT2D eigenvalue weighted by atomic mass is 9.76. The fraction of sp³-hybridized carbons (Fsp3) is 0.714. The molecular weight excluding hydrogens is 271 g/mol. The monoisotopic (exact) mass is 304 g/mol. The van der Waals surface area contributed by atoms with Crippen LogP contribution in [0.1, 0.15) is 94.2 Å². The van der Waals surface area contributed by atoms with E-state index in [0.29, 0.717) is 5.92 Å². The second-order valence-corrected chi connectivity index (χ2v) is 7.22. The topological polar surface area (TPSA) is 0 Å². The van der Waals surface area contributed by atoms with Gasteiger partial charge in [-0.05, 0) is 67.6 Å². The van der Waals surface area contributed by atoms with E-state index < -0.39 is 0 Å². The Morgan fingerprint density at radius 1 is 1.00 bits per heavy atom. The Labute approximate surface area is 136 Å². The summed E-state index contributed by atoms with van der Waals surface area (Å²) in [5.74, 6) is 1.43. The van der Waals surface area contributed by atoms with Crippen molar-refractivity contribution in [3.05, 3.63) is 34.6 Å². The Morgan fingerprint density at radius 3 is 2.36 bits per heavy atom. The van der Waals surface area contributed by atoms with Gasteiger partial charge in [0.2, 0.25) is 0 Å². The van der Waals surface area contributed by atoms with E-state index in [0.717, 1.165) is 29.9 Å². The number of rotatable bonds is 7. The average Bonchev–Trinajstić information content (AvgIpc) is 2.53. The Bertz CT molecular complexity index is 455. The van der Waals surface area contributed by atoms with Crippen molar-refractivity contribution in [1.29, 1.82) is 0 Å². The minimum absolute atomic E-state index is 0.0837. The van der Waals surface area contributed by atoms with Crippen molar-refractivity contribution in [2.24, 2.45) is 5.92 Å². The largest absolute Gasteiger partial charge is 0.206 e. The van der Waals surface area contributed by atoms with Gasteiger partial charge in [0, 0.05) is 0 Å². The third-order valence-corrected chi connectivity index (χ3v) is 5.55. The molecule has 1 fully saturated rings. The van der Waals surface area contributed by atoms with Gasteiger partial charge in [0.25, 0.3) is 0 Å². The normalized spacial score (nSPS) is 22.0. The van der Waals surface area contributed by atoms with Gasteiger partial charge in [-0.3, -0.25) is 0 Å². The van der Waals surface area contributed by atoms with Crippen LogP contribution in [-0.4, -0.2) is 0 Å². The first kappa shape index (κ1) is 17.5. The molecule has 1 aliphatic carbocycles. The first-order chi connectivity index (χ1) is 10.7. The van der Waals surface area contributed by atoms with Crippen LogP contribution in [0.4, 0.5) is 4.39 Å². The number of aryl methyl sites for hydroxylation is 1. The standard InChI is InChI=1S/C21H33F/c1-4-6-7-9-17-10-12-19(13-11-17)20-15-14-18(8-5-2)16(3)21(20)22/h14-15,17,19H,4-13H2,1-3H3. The summed E-state index contributed by atoms with van der Waals surface area (Å²) in [5.41, 5.74) is 3.07. The summed E-state index contributed by atoms with van der Waals surface area (Å²) in [6.07, 6.45) is 12.5. The third-order valence-electron chi connectivity index (χ3n) is 5.55. The van der Waals surface area contributed by atoms with Gasteiger partial charge in [0.05, 0.1) is 0 Å². The highest BCUT2D eigenvalue weighted by atomic mass is 19.1. The van der Waals surface area contributed by atoms with Crippen LogP contribution < -0.4 is 0 Å². The summed E-state index contributed by atoms with van der Waals surface area (Å²) < 4.78 is 14.7. The quantitative estimate of drug-likeness (QED) is 0.478. The van der Waals surface area contributed by atoms with Crippen LogP contribution in [-0.2, 0) is 6.42 Å². The van der Waals surface area contributed by atoms with Crippen LogP contribution in [0, 0.1) is 18.7 Å². The molecule has 1 aliphatic rings. The second-order valence-electron chi connectivity index (χ2n) is 7.22. The number of hydrogen-bond donors (Lipinski definition) is 0. The Balaban J connectivity index is 1.95. The summed E-state index contributed by atoms with van der Waals surface area (Å²) in [5, 5.41) is 0. The van der Waals surface area contributed by atoms with Crippen molar-refractivity contribution in [2.75, 3.05) is 0 Å². The molecule has 0 atom stereocenters. The molecule has 22 heavy (non-hydrogen) atoms. The summed E-state index contributed by atoms with van der Waals surface area (Å²) in [6, 6.07) is 4.25. The van der Waals surface area contributed by atoms with Crippen LogP contribution in [0.25, 0.3) is 0 Å². The van der Waals surface area contributed by atoms with Gasteiger partial charge in [-0.1, -0.05) is 58.1 Å². The van der Waals surface area contributed by atoms with Gasteiger partial charge in [0.1, 0.15) is 5.82 Å². The SMILES string of the molecule is CCCCCC1CCC(c2ccc(CCC)c(C)c2F)CC1. The Morgan fingerprint density at radius 2 is 1.73 bits per heavy atom. The van der Waals surface area contributed by atoms with Gasteiger partial charge in [0.15, 0.2) is 0 Å². The predicted molar refractivity (Wildman–Crippen MR) is 94.0 cm³/mol. The minimum atomic E-state index is 0.0837. The molecule has 0 aromatic heterocycles. The van der Waals surface area contributed by atoms with Crippen LogP contribution in [0.5, 0.6) is 0 Å². The molecule has 124 valence electrons. The molecule has 0 amide bonds. The minimum Gasteiger partial charge on any atom is -0.206 e. The maximum atomic E-state index is 14.7. The van der Waals surface area contributed by atoms with E-state index in [1.807, 2.05) is 6.92 Å². The van der Waals surface area contributed by atoms with Gasteiger partial charge in [-0.2, -0.15) is 0 Å². The van der Waals surface area contributed by atoms with Gasteiger partial charge in [-0.25, -0.2) is 4.39 Å². The summed E-state index contributed by atoms with van der Waals surface area (Å²) >= 11 is 0. The van der Waals surface area contributed by atoms with Crippen molar-refractivity contribution in [3.8, 4) is 0 Å². The molecule has 1 heteroatoms. The van der Waals surface area contributed by atoms with E-state index in [-0.39, 0.29) is 5.82 Å². The molecule has 0 N–H and O–H groups in total. The van der Waals surface area contributed by atoms with Crippen LogP contribution >= 0.6 is 0 Å². The molecule has 0 saturated heterocycles. The number of benzene rings is 1. The maximum absolute atomic E-state index is 14.7. The van der Waals surface area contributed by atoms with E-state index >= 15 is 0 Å². The van der Waals surface area contributed by atoms with Gasteiger partial charge < -0.3 is 0 Å². The smallest absolute Gasteiger partial charge is 0.129 e. The van der Waals surface area contributed by atoms with Gasteiger partial charge >= 0.3 is 0 Å². The van der Waals surface area contributed by atoms with Crippen molar-refractivity contribution in [2.45, 2.75) is 90.9 Å². The lowest BCUT2D eigenvalue weighted by Gasteiger charge is -2.29. The lowest BCUT2D eigenvalue weighted by Crippen LogP contribution is -2.15. The van der Waals surface area contributed by atoms with Crippen molar-refractivity contribution in [1.82, 2.24) is 0 Å². The van der Waals surface area contributed by atoms with Crippen molar-refractivity contribution >= 4 is 0 Å². The zero-order chi connectivity index (χ0) is 15.9. The number of hydrogen-bond acceptors (Lipinski definition) is 0. The number of halogens is 1. The molecular formula is C21H33F. The van der Waals surface area contributed by atoms with E-state index in [9.17, 15) is 4.39 Å². The third kappa shape index (κ3) is 4.33. The van der Waals surface area contributed by atoms with E-state index in [4.69, 9.17) is 0 Å². The fourth-order valence-electron chi connectivity index (χ4n) is 4.05. The lowest BCUT2D eigenvalue weighted by molar-refractivity contribution is 0.299. The van der Waals surface area contributed by atoms with Crippen molar-refractivity contribution < 1.29 is 4.39 Å². The molecule has 0 bridgehead atoms. The van der Waals surface area contributed by atoms with E-state index in [2.05, 4.69) is 26.0 Å². The molecule has 0 unspecified atom stereocenters.